The summed E-state index contributed by atoms with van der Waals surface area (Å²) in [4.78, 5) is 0. The summed E-state index contributed by atoms with van der Waals surface area (Å²) in [5.74, 6) is 0. The van der Waals surface area contributed by atoms with E-state index in [-0.39, 0.29) is 0 Å². The first-order valence-corrected chi connectivity index (χ1v) is 4.35. The SMILES string of the molecule is C=C(C)CO[CH]CCCCC. The molecule has 0 fully saturated rings. The molecule has 0 rings (SSSR count). The van der Waals surface area contributed by atoms with E-state index in [1.54, 1.807) is 0 Å². The van der Waals surface area contributed by atoms with Crippen molar-refractivity contribution in [3.8, 4) is 0 Å². The highest BCUT2D eigenvalue weighted by atomic mass is 16.5. The lowest BCUT2D eigenvalue weighted by molar-refractivity contribution is 0.215. The van der Waals surface area contributed by atoms with Crippen LogP contribution in [0.15, 0.2) is 12.2 Å². The number of ether oxygens (including phenoxy) is 1. The summed E-state index contributed by atoms with van der Waals surface area (Å²) >= 11 is 0. The van der Waals surface area contributed by atoms with Gasteiger partial charge in [0.25, 0.3) is 0 Å². The molecule has 11 heavy (non-hydrogen) atoms. The first-order chi connectivity index (χ1) is 5.27. The van der Waals surface area contributed by atoms with Crippen LogP contribution in [0.1, 0.15) is 39.5 Å². The second kappa shape index (κ2) is 7.80. The second-order valence-electron chi connectivity index (χ2n) is 2.93. The van der Waals surface area contributed by atoms with E-state index in [1.807, 2.05) is 13.5 Å². The van der Waals surface area contributed by atoms with Gasteiger partial charge in [-0.2, -0.15) is 0 Å². The summed E-state index contributed by atoms with van der Waals surface area (Å²) in [5, 5.41) is 0. The molecule has 0 bridgehead atoms. The molecule has 0 aliphatic carbocycles. The molecule has 1 radical (unpaired) electrons. The van der Waals surface area contributed by atoms with Gasteiger partial charge in [-0.05, 0) is 13.3 Å². The molecule has 0 aliphatic heterocycles. The number of hydrogen-bond donors (Lipinski definition) is 0. The quantitative estimate of drug-likeness (QED) is 0.405. The Balaban J connectivity index is 2.85. The maximum atomic E-state index is 5.22. The van der Waals surface area contributed by atoms with Gasteiger partial charge in [-0.3, -0.25) is 0 Å². The van der Waals surface area contributed by atoms with E-state index >= 15 is 0 Å². The third-order valence-electron chi connectivity index (χ3n) is 1.37. The van der Waals surface area contributed by atoms with E-state index in [9.17, 15) is 0 Å². The van der Waals surface area contributed by atoms with Crippen molar-refractivity contribution >= 4 is 0 Å². The maximum Gasteiger partial charge on any atom is 0.0841 e. The average molecular weight is 155 g/mol. The van der Waals surface area contributed by atoms with E-state index in [0.29, 0.717) is 6.61 Å². The minimum Gasteiger partial charge on any atom is -0.371 e. The van der Waals surface area contributed by atoms with Crippen molar-refractivity contribution in [1.29, 1.82) is 0 Å². The van der Waals surface area contributed by atoms with Gasteiger partial charge in [0.15, 0.2) is 0 Å². The maximum absolute atomic E-state index is 5.22. The lowest BCUT2D eigenvalue weighted by atomic mass is 10.2. The average Bonchev–Trinajstić information content (AvgIpc) is 1.96. The molecular weight excluding hydrogens is 136 g/mol. The lowest BCUT2D eigenvalue weighted by Gasteiger charge is -2.01. The molecule has 0 amide bonds. The first kappa shape index (κ1) is 10.7. The zero-order chi connectivity index (χ0) is 8.53. The molecule has 0 aromatic rings. The minimum atomic E-state index is 0.673. The van der Waals surface area contributed by atoms with Crippen molar-refractivity contribution in [3.05, 3.63) is 18.8 Å². The van der Waals surface area contributed by atoms with Crippen LogP contribution >= 0.6 is 0 Å². The van der Waals surface area contributed by atoms with Crippen molar-refractivity contribution in [2.45, 2.75) is 39.5 Å². The molecule has 0 saturated heterocycles. The Labute approximate surface area is 70.4 Å². The van der Waals surface area contributed by atoms with Crippen LogP contribution in [0.2, 0.25) is 0 Å². The summed E-state index contributed by atoms with van der Waals surface area (Å²) in [6, 6.07) is 0. The van der Waals surface area contributed by atoms with Crippen molar-refractivity contribution in [3.63, 3.8) is 0 Å². The molecule has 1 heteroatoms. The molecule has 0 N–H and O–H groups in total. The fourth-order valence-corrected chi connectivity index (χ4v) is 0.762. The van der Waals surface area contributed by atoms with Gasteiger partial charge in [0.2, 0.25) is 0 Å². The predicted molar refractivity (Wildman–Crippen MR) is 49.2 cm³/mol. The molecular formula is C10H19O. The van der Waals surface area contributed by atoms with Crippen LogP contribution in [-0.2, 0) is 4.74 Å². The number of unbranched alkanes of at least 4 members (excludes halogenated alkanes) is 3. The van der Waals surface area contributed by atoms with Crippen LogP contribution in [0, 0.1) is 6.61 Å². The Morgan fingerprint density at radius 2 is 2.18 bits per heavy atom. The van der Waals surface area contributed by atoms with Gasteiger partial charge in [-0.25, -0.2) is 0 Å². The van der Waals surface area contributed by atoms with Gasteiger partial charge < -0.3 is 4.74 Å². The van der Waals surface area contributed by atoms with Gasteiger partial charge in [0.05, 0.1) is 13.2 Å². The molecule has 0 aliphatic rings. The standard InChI is InChI=1S/C10H19O/c1-4-5-6-7-8-11-9-10(2)3/h8H,2,4-7,9H2,1,3H3. The Morgan fingerprint density at radius 1 is 1.45 bits per heavy atom. The van der Waals surface area contributed by atoms with Gasteiger partial charge in [0, 0.05) is 0 Å². The normalized spacial score (nSPS) is 10.0. The zero-order valence-corrected chi connectivity index (χ0v) is 7.73. The van der Waals surface area contributed by atoms with E-state index in [0.717, 1.165) is 12.0 Å². The minimum absolute atomic E-state index is 0.673. The molecule has 1 nitrogen and oxygen atoms in total. The number of rotatable bonds is 7. The third-order valence-corrected chi connectivity index (χ3v) is 1.37. The van der Waals surface area contributed by atoms with E-state index in [1.165, 1.54) is 19.3 Å². The molecule has 0 aromatic carbocycles. The van der Waals surface area contributed by atoms with Crippen LogP contribution < -0.4 is 0 Å². The van der Waals surface area contributed by atoms with E-state index in [2.05, 4.69) is 13.5 Å². The molecule has 0 heterocycles. The summed E-state index contributed by atoms with van der Waals surface area (Å²) in [7, 11) is 0. The largest absolute Gasteiger partial charge is 0.371 e. The Morgan fingerprint density at radius 3 is 2.73 bits per heavy atom. The van der Waals surface area contributed by atoms with Crippen molar-refractivity contribution in [2.75, 3.05) is 6.61 Å². The van der Waals surface area contributed by atoms with Gasteiger partial charge in [0.1, 0.15) is 0 Å². The van der Waals surface area contributed by atoms with Gasteiger partial charge in [-0.1, -0.05) is 38.3 Å². The zero-order valence-electron chi connectivity index (χ0n) is 7.73. The molecule has 65 valence electrons. The van der Waals surface area contributed by atoms with Crippen molar-refractivity contribution in [1.82, 2.24) is 0 Å². The van der Waals surface area contributed by atoms with Crippen LogP contribution in [0.25, 0.3) is 0 Å². The van der Waals surface area contributed by atoms with Crippen molar-refractivity contribution < 1.29 is 4.74 Å². The molecule has 0 aromatic heterocycles. The van der Waals surface area contributed by atoms with E-state index < -0.39 is 0 Å². The smallest absolute Gasteiger partial charge is 0.0841 e. The van der Waals surface area contributed by atoms with Gasteiger partial charge in [-0.15, -0.1) is 0 Å². The molecule has 0 spiro atoms. The molecule has 0 saturated carbocycles. The van der Waals surface area contributed by atoms with E-state index in [4.69, 9.17) is 4.74 Å². The fourth-order valence-electron chi connectivity index (χ4n) is 0.762. The van der Waals surface area contributed by atoms with Gasteiger partial charge >= 0.3 is 0 Å². The fraction of sp³-hybridized carbons (Fsp3) is 0.700. The highest BCUT2D eigenvalue weighted by Crippen LogP contribution is 2.02. The van der Waals surface area contributed by atoms with Crippen LogP contribution in [0.4, 0.5) is 0 Å². The third kappa shape index (κ3) is 9.70. The monoisotopic (exact) mass is 155 g/mol. The number of hydrogen-bond acceptors (Lipinski definition) is 1. The summed E-state index contributed by atoms with van der Waals surface area (Å²) in [6.45, 7) is 10.5. The molecule has 0 atom stereocenters. The predicted octanol–water partition coefficient (Wildman–Crippen LogP) is 3.32. The summed E-state index contributed by atoms with van der Waals surface area (Å²) in [6.07, 6.45) is 4.88. The Kier molecular flexibility index (Phi) is 7.59. The highest BCUT2D eigenvalue weighted by molar-refractivity contribution is 4.87. The van der Waals surface area contributed by atoms with Crippen LogP contribution in [0.3, 0.4) is 0 Å². The topological polar surface area (TPSA) is 9.23 Å². The van der Waals surface area contributed by atoms with Crippen LogP contribution in [0.5, 0.6) is 0 Å². The summed E-state index contributed by atoms with van der Waals surface area (Å²) < 4.78 is 5.22. The Hall–Kier alpha value is -0.300. The molecule has 0 unspecified atom stereocenters. The highest BCUT2D eigenvalue weighted by Gasteiger charge is 1.89. The second-order valence-corrected chi connectivity index (χ2v) is 2.93. The van der Waals surface area contributed by atoms with Crippen LogP contribution in [-0.4, -0.2) is 6.61 Å². The Bertz CT molecular complexity index is 97.0. The van der Waals surface area contributed by atoms with Crippen molar-refractivity contribution in [2.24, 2.45) is 0 Å². The summed E-state index contributed by atoms with van der Waals surface area (Å²) in [5.41, 5.74) is 1.08. The lowest BCUT2D eigenvalue weighted by Crippen LogP contribution is -1.91. The first-order valence-electron chi connectivity index (χ1n) is 4.35.